The molecule has 0 fully saturated rings. The smallest absolute Gasteiger partial charge is 0.340 e. The van der Waals surface area contributed by atoms with Crippen molar-refractivity contribution in [3.63, 3.8) is 0 Å². The summed E-state index contributed by atoms with van der Waals surface area (Å²) in [4.78, 5) is 22.3. The Balaban J connectivity index is 2.88. The van der Waals surface area contributed by atoms with Crippen molar-refractivity contribution >= 4 is 39.4 Å². The Morgan fingerprint density at radius 1 is 1.50 bits per heavy atom. The highest BCUT2D eigenvalue weighted by Gasteiger charge is 2.18. The number of nitrogens with two attached hydrogens (primary N) is 1. The zero-order valence-electron chi connectivity index (χ0n) is 8.37. The van der Waals surface area contributed by atoms with Crippen LogP contribution in [0, 0.1) is 0 Å². The van der Waals surface area contributed by atoms with Gasteiger partial charge >= 0.3 is 5.97 Å². The van der Waals surface area contributed by atoms with Gasteiger partial charge in [-0.3, -0.25) is 4.79 Å². The van der Waals surface area contributed by atoms with Crippen molar-refractivity contribution in [2.24, 2.45) is 5.73 Å². The number of rotatable bonds is 3. The van der Waals surface area contributed by atoms with Gasteiger partial charge in [-0.15, -0.1) is 0 Å². The lowest BCUT2D eigenvalue weighted by Crippen LogP contribution is -2.30. The molecule has 16 heavy (non-hydrogen) atoms. The van der Waals surface area contributed by atoms with Crippen LogP contribution in [0.1, 0.15) is 17.3 Å². The summed E-state index contributed by atoms with van der Waals surface area (Å²) in [6.45, 7) is 1.39. The molecular formula is C10H9BrClNO3. The van der Waals surface area contributed by atoms with E-state index in [9.17, 15) is 9.59 Å². The van der Waals surface area contributed by atoms with Crippen LogP contribution >= 0.6 is 27.5 Å². The van der Waals surface area contributed by atoms with Crippen LogP contribution in [0.15, 0.2) is 22.7 Å². The molecule has 1 atom stereocenters. The summed E-state index contributed by atoms with van der Waals surface area (Å²) in [5, 5.41) is 0.255. The van der Waals surface area contributed by atoms with Gasteiger partial charge in [0.1, 0.15) is 0 Å². The van der Waals surface area contributed by atoms with Gasteiger partial charge in [0.2, 0.25) is 0 Å². The quantitative estimate of drug-likeness (QED) is 0.870. The first-order valence-electron chi connectivity index (χ1n) is 4.37. The predicted molar refractivity (Wildman–Crippen MR) is 63.2 cm³/mol. The van der Waals surface area contributed by atoms with Gasteiger partial charge in [-0.2, -0.15) is 0 Å². The maximum absolute atomic E-state index is 11.6. The van der Waals surface area contributed by atoms with Gasteiger partial charge in [-0.25, -0.2) is 4.79 Å². The van der Waals surface area contributed by atoms with E-state index in [4.69, 9.17) is 22.1 Å². The summed E-state index contributed by atoms with van der Waals surface area (Å²) < 4.78 is 5.51. The molecule has 0 heterocycles. The molecule has 0 aliphatic carbocycles. The lowest BCUT2D eigenvalue weighted by atomic mass is 10.2. The number of carbonyl (C=O) groups excluding carboxylic acids is 2. The number of ether oxygens (including phenoxy) is 1. The number of amides is 1. The molecule has 1 aromatic rings. The average molecular weight is 307 g/mol. The van der Waals surface area contributed by atoms with E-state index in [1.807, 2.05) is 0 Å². The van der Waals surface area contributed by atoms with Crippen LogP contribution in [0.5, 0.6) is 0 Å². The summed E-state index contributed by atoms with van der Waals surface area (Å²) in [5.41, 5.74) is 5.16. The molecule has 4 nitrogen and oxygen atoms in total. The van der Waals surface area contributed by atoms with E-state index in [-0.39, 0.29) is 10.6 Å². The minimum atomic E-state index is -0.984. The molecule has 6 heteroatoms. The summed E-state index contributed by atoms with van der Waals surface area (Å²) in [7, 11) is 0. The van der Waals surface area contributed by atoms with Gasteiger partial charge in [0.15, 0.2) is 6.10 Å². The molecular weight excluding hydrogens is 297 g/mol. The lowest BCUT2D eigenvalue weighted by molar-refractivity contribution is -0.125. The lowest BCUT2D eigenvalue weighted by Gasteiger charge is -2.10. The van der Waals surface area contributed by atoms with Crippen LogP contribution in [0.3, 0.4) is 0 Å². The zero-order chi connectivity index (χ0) is 12.3. The van der Waals surface area contributed by atoms with Crippen molar-refractivity contribution in [1.82, 2.24) is 0 Å². The van der Waals surface area contributed by atoms with E-state index < -0.39 is 18.0 Å². The highest BCUT2D eigenvalue weighted by molar-refractivity contribution is 9.10. The van der Waals surface area contributed by atoms with Gasteiger partial charge in [0.25, 0.3) is 5.91 Å². The number of hydrogen-bond acceptors (Lipinski definition) is 3. The molecule has 1 amide bonds. The number of carbonyl (C=O) groups is 2. The van der Waals surface area contributed by atoms with E-state index in [0.717, 1.165) is 0 Å². The van der Waals surface area contributed by atoms with Crippen LogP contribution in [-0.4, -0.2) is 18.0 Å². The number of halogens is 2. The van der Waals surface area contributed by atoms with E-state index >= 15 is 0 Å². The standard InChI is InChI=1S/C10H9BrClNO3/c1-5(9(13)14)16-10(15)7-4-6(11)2-3-8(7)12/h2-5H,1H3,(H2,13,14)/t5-/m0/s1. The maximum Gasteiger partial charge on any atom is 0.340 e. The summed E-state index contributed by atoms with van der Waals surface area (Å²) in [5.74, 6) is -1.39. The molecule has 0 aliphatic heterocycles. The minimum absolute atomic E-state index is 0.184. The minimum Gasteiger partial charge on any atom is -0.449 e. The highest BCUT2D eigenvalue weighted by Crippen LogP contribution is 2.22. The summed E-state index contributed by atoms with van der Waals surface area (Å²) >= 11 is 9.02. The molecule has 0 aliphatic rings. The van der Waals surface area contributed by atoms with Crippen molar-refractivity contribution < 1.29 is 14.3 Å². The predicted octanol–water partition coefficient (Wildman–Crippen LogP) is 2.13. The van der Waals surface area contributed by atoms with Crippen molar-refractivity contribution in [1.29, 1.82) is 0 Å². The maximum atomic E-state index is 11.6. The van der Waals surface area contributed by atoms with E-state index in [2.05, 4.69) is 15.9 Å². The Bertz CT molecular complexity index is 436. The van der Waals surface area contributed by atoms with E-state index in [0.29, 0.717) is 4.47 Å². The van der Waals surface area contributed by atoms with Gasteiger partial charge in [-0.1, -0.05) is 27.5 Å². The van der Waals surface area contributed by atoms with Crippen molar-refractivity contribution in [3.05, 3.63) is 33.3 Å². The fourth-order valence-corrected chi connectivity index (χ4v) is 1.49. The van der Waals surface area contributed by atoms with Crippen molar-refractivity contribution in [3.8, 4) is 0 Å². The van der Waals surface area contributed by atoms with E-state index in [1.54, 1.807) is 12.1 Å². The summed E-state index contributed by atoms with van der Waals surface area (Å²) in [6.07, 6.45) is -0.984. The van der Waals surface area contributed by atoms with Crippen LogP contribution in [0.25, 0.3) is 0 Å². The first-order valence-corrected chi connectivity index (χ1v) is 5.54. The third-order valence-corrected chi connectivity index (χ3v) is 2.66. The molecule has 0 bridgehead atoms. The molecule has 2 N–H and O–H groups in total. The molecule has 86 valence electrons. The second kappa shape index (κ2) is 5.32. The highest BCUT2D eigenvalue weighted by atomic mass is 79.9. The first-order chi connectivity index (χ1) is 7.41. The van der Waals surface area contributed by atoms with Crippen LogP contribution in [0.2, 0.25) is 5.02 Å². The normalized spacial score (nSPS) is 11.9. The monoisotopic (exact) mass is 305 g/mol. The third-order valence-electron chi connectivity index (χ3n) is 1.83. The Morgan fingerprint density at radius 3 is 2.69 bits per heavy atom. The molecule has 1 aromatic carbocycles. The Labute approximate surface area is 106 Å². The molecule has 0 aromatic heterocycles. The third kappa shape index (κ3) is 3.21. The van der Waals surface area contributed by atoms with Gasteiger partial charge in [0, 0.05) is 4.47 Å². The number of hydrogen-bond donors (Lipinski definition) is 1. The van der Waals surface area contributed by atoms with Gasteiger partial charge < -0.3 is 10.5 Å². The number of benzene rings is 1. The molecule has 0 saturated heterocycles. The van der Waals surface area contributed by atoms with Gasteiger partial charge in [-0.05, 0) is 25.1 Å². The average Bonchev–Trinajstić information content (AvgIpc) is 2.21. The topological polar surface area (TPSA) is 69.4 Å². The van der Waals surface area contributed by atoms with Gasteiger partial charge in [0.05, 0.1) is 10.6 Å². The first kappa shape index (κ1) is 13.0. The Morgan fingerprint density at radius 2 is 2.12 bits per heavy atom. The largest absolute Gasteiger partial charge is 0.449 e. The SMILES string of the molecule is C[C@H](OC(=O)c1cc(Br)ccc1Cl)C(N)=O. The van der Waals surface area contributed by atoms with Crippen molar-refractivity contribution in [2.45, 2.75) is 13.0 Å². The second-order valence-corrected chi connectivity index (χ2v) is 4.40. The van der Waals surface area contributed by atoms with Crippen LogP contribution < -0.4 is 5.73 Å². The fraction of sp³-hybridized carbons (Fsp3) is 0.200. The second-order valence-electron chi connectivity index (χ2n) is 3.07. The zero-order valence-corrected chi connectivity index (χ0v) is 10.7. The number of primary amides is 1. The number of esters is 1. The Kier molecular flexibility index (Phi) is 4.32. The molecule has 0 radical (unpaired) electrons. The fourth-order valence-electron chi connectivity index (χ4n) is 0.936. The molecule has 0 unspecified atom stereocenters. The summed E-state index contributed by atoms with van der Waals surface area (Å²) in [6, 6.07) is 4.76. The molecule has 0 saturated carbocycles. The van der Waals surface area contributed by atoms with Crippen LogP contribution in [0.4, 0.5) is 0 Å². The van der Waals surface area contributed by atoms with Crippen LogP contribution in [-0.2, 0) is 9.53 Å². The van der Waals surface area contributed by atoms with Crippen molar-refractivity contribution in [2.75, 3.05) is 0 Å². The molecule has 0 spiro atoms. The van der Waals surface area contributed by atoms with E-state index in [1.165, 1.54) is 13.0 Å². The Hall–Kier alpha value is -1.07. The molecule has 1 rings (SSSR count).